The molecule has 0 heterocycles. The highest BCUT2D eigenvalue weighted by Gasteiger charge is 2.18. The summed E-state index contributed by atoms with van der Waals surface area (Å²) in [5.74, 6) is -0.0649. The predicted octanol–water partition coefficient (Wildman–Crippen LogP) is 3.42. The lowest BCUT2D eigenvalue weighted by Gasteiger charge is -2.26. The van der Waals surface area contributed by atoms with E-state index >= 15 is 0 Å². The Hall–Kier alpha value is -0.570. The molecule has 0 amide bonds. The van der Waals surface area contributed by atoms with Crippen molar-refractivity contribution in [3.63, 3.8) is 0 Å². The van der Waals surface area contributed by atoms with E-state index in [0.717, 1.165) is 6.42 Å². The first-order valence-electron chi connectivity index (χ1n) is 6.26. The largest absolute Gasteiger partial charge is 0.481 e. The lowest BCUT2D eigenvalue weighted by molar-refractivity contribution is -0.137. The Kier molecular flexibility index (Phi) is 10.7. The molecule has 0 aromatic rings. The van der Waals surface area contributed by atoms with E-state index in [1.807, 2.05) is 6.92 Å². The fourth-order valence-electron chi connectivity index (χ4n) is 1.10. The van der Waals surface area contributed by atoms with E-state index in [1.165, 1.54) is 19.3 Å². The van der Waals surface area contributed by atoms with Gasteiger partial charge in [-0.3, -0.25) is 4.79 Å². The summed E-state index contributed by atoms with van der Waals surface area (Å²) in [5, 5.41) is 7.91. The highest BCUT2D eigenvalue weighted by Crippen LogP contribution is 2.18. The molecule has 3 heteroatoms. The summed E-state index contributed by atoms with van der Waals surface area (Å²) < 4.78 is 0. The summed E-state index contributed by atoms with van der Waals surface area (Å²) in [6, 6.07) is 0. The van der Waals surface area contributed by atoms with Gasteiger partial charge in [0, 0.05) is 12.0 Å². The van der Waals surface area contributed by atoms with Crippen LogP contribution in [0.3, 0.4) is 0 Å². The van der Waals surface area contributed by atoms with Crippen molar-refractivity contribution in [2.24, 2.45) is 11.7 Å². The molecule has 0 aliphatic carbocycles. The first-order chi connectivity index (χ1) is 7.25. The maximum atomic E-state index is 9.60. The highest BCUT2D eigenvalue weighted by molar-refractivity contribution is 5.66. The SMILES string of the molecule is CCCC(=O)O.CCCCC(C)C(C)(C)N. The average Bonchev–Trinajstić information content (AvgIpc) is 2.13. The van der Waals surface area contributed by atoms with Gasteiger partial charge in [-0.2, -0.15) is 0 Å². The summed E-state index contributed by atoms with van der Waals surface area (Å²) in [6.07, 6.45) is 4.87. The maximum Gasteiger partial charge on any atom is 0.303 e. The third-order valence-corrected chi connectivity index (χ3v) is 2.72. The molecule has 1 atom stereocenters. The van der Waals surface area contributed by atoms with Crippen LogP contribution >= 0.6 is 0 Å². The Bertz CT molecular complexity index is 173. The van der Waals surface area contributed by atoms with Crippen molar-refractivity contribution in [3.05, 3.63) is 0 Å². The molecule has 0 aliphatic heterocycles. The second-order valence-corrected chi connectivity index (χ2v) is 5.01. The van der Waals surface area contributed by atoms with E-state index in [0.29, 0.717) is 12.3 Å². The molecule has 0 saturated carbocycles. The smallest absolute Gasteiger partial charge is 0.303 e. The number of carboxylic acid groups (broad SMARTS) is 1. The molecular formula is C13H29NO2. The van der Waals surface area contributed by atoms with Gasteiger partial charge in [-0.1, -0.05) is 33.6 Å². The lowest BCUT2D eigenvalue weighted by atomic mass is 9.86. The van der Waals surface area contributed by atoms with E-state index < -0.39 is 5.97 Å². The minimum atomic E-state index is -0.711. The van der Waals surface area contributed by atoms with Crippen LogP contribution in [0.25, 0.3) is 0 Å². The quantitative estimate of drug-likeness (QED) is 0.736. The Labute approximate surface area is 100 Å². The molecule has 0 radical (unpaired) electrons. The molecule has 16 heavy (non-hydrogen) atoms. The summed E-state index contributed by atoms with van der Waals surface area (Å²) >= 11 is 0. The number of rotatable bonds is 6. The van der Waals surface area contributed by atoms with E-state index in [4.69, 9.17) is 10.8 Å². The Balaban J connectivity index is 0. The van der Waals surface area contributed by atoms with Crippen LogP contribution in [0.15, 0.2) is 0 Å². The van der Waals surface area contributed by atoms with E-state index in [9.17, 15) is 4.79 Å². The zero-order valence-electron chi connectivity index (χ0n) is 11.5. The van der Waals surface area contributed by atoms with Crippen LogP contribution in [0.2, 0.25) is 0 Å². The van der Waals surface area contributed by atoms with Crippen LogP contribution < -0.4 is 5.73 Å². The summed E-state index contributed by atoms with van der Waals surface area (Å²) in [5.41, 5.74) is 5.93. The first-order valence-corrected chi connectivity index (χ1v) is 6.26. The van der Waals surface area contributed by atoms with Gasteiger partial charge in [-0.25, -0.2) is 0 Å². The van der Waals surface area contributed by atoms with E-state index in [1.54, 1.807) is 0 Å². The number of aliphatic carboxylic acids is 1. The second kappa shape index (κ2) is 9.64. The highest BCUT2D eigenvalue weighted by atomic mass is 16.4. The van der Waals surface area contributed by atoms with Gasteiger partial charge >= 0.3 is 5.97 Å². The van der Waals surface area contributed by atoms with Gasteiger partial charge in [-0.05, 0) is 32.6 Å². The standard InChI is InChI=1S/C9H21N.C4H8O2/c1-5-6-7-8(2)9(3,4)10;1-2-3-4(5)6/h8H,5-7,10H2,1-4H3;2-3H2,1H3,(H,5,6). The van der Waals surface area contributed by atoms with Crippen molar-refractivity contribution in [3.8, 4) is 0 Å². The molecule has 0 aliphatic rings. The van der Waals surface area contributed by atoms with E-state index in [-0.39, 0.29) is 5.54 Å². The van der Waals surface area contributed by atoms with Crippen molar-refractivity contribution in [1.82, 2.24) is 0 Å². The number of hydrogen-bond acceptors (Lipinski definition) is 2. The van der Waals surface area contributed by atoms with Gasteiger partial charge in [0.2, 0.25) is 0 Å². The Morgan fingerprint density at radius 2 is 1.81 bits per heavy atom. The van der Waals surface area contributed by atoms with Crippen molar-refractivity contribution in [2.45, 2.75) is 72.3 Å². The molecule has 0 spiro atoms. The lowest BCUT2D eigenvalue weighted by Crippen LogP contribution is -2.39. The van der Waals surface area contributed by atoms with Crippen LogP contribution in [0.4, 0.5) is 0 Å². The normalized spacial score (nSPS) is 12.6. The van der Waals surface area contributed by atoms with Gasteiger partial charge in [0.15, 0.2) is 0 Å². The Morgan fingerprint density at radius 1 is 1.31 bits per heavy atom. The van der Waals surface area contributed by atoms with Gasteiger partial charge in [0.25, 0.3) is 0 Å². The van der Waals surface area contributed by atoms with Gasteiger partial charge < -0.3 is 10.8 Å². The molecule has 0 aromatic carbocycles. The molecule has 0 fully saturated rings. The maximum absolute atomic E-state index is 9.60. The summed E-state index contributed by atoms with van der Waals surface area (Å²) in [4.78, 5) is 9.60. The second-order valence-electron chi connectivity index (χ2n) is 5.01. The van der Waals surface area contributed by atoms with Crippen molar-refractivity contribution >= 4 is 5.97 Å². The van der Waals surface area contributed by atoms with E-state index in [2.05, 4.69) is 27.7 Å². The van der Waals surface area contributed by atoms with Gasteiger partial charge in [0.05, 0.1) is 0 Å². The summed E-state index contributed by atoms with van der Waals surface area (Å²) in [6.45, 7) is 10.5. The number of unbranched alkanes of at least 4 members (excludes halogenated alkanes) is 1. The molecule has 98 valence electrons. The predicted molar refractivity (Wildman–Crippen MR) is 69.5 cm³/mol. The molecular weight excluding hydrogens is 202 g/mol. The van der Waals surface area contributed by atoms with Crippen molar-refractivity contribution < 1.29 is 9.90 Å². The monoisotopic (exact) mass is 231 g/mol. The number of hydrogen-bond donors (Lipinski definition) is 2. The Morgan fingerprint density at radius 3 is 2.00 bits per heavy atom. The van der Waals surface area contributed by atoms with Crippen LogP contribution in [-0.4, -0.2) is 16.6 Å². The molecule has 0 rings (SSSR count). The molecule has 0 saturated heterocycles. The average molecular weight is 231 g/mol. The van der Waals surface area contributed by atoms with Gasteiger partial charge in [-0.15, -0.1) is 0 Å². The molecule has 1 unspecified atom stereocenters. The van der Waals surface area contributed by atoms with Crippen LogP contribution in [-0.2, 0) is 4.79 Å². The van der Waals surface area contributed by atoms with Crippen LogP contribution in [0.5, 0.6) is 0 Å². The fourth-order valence-corrected chi connectivity index (χ4v) is 1.10. The van der Waals surface area contributed by atoms with Crippen LogP contribution in [0, 0.1) is 5.92 Å². The molecule has 0 aromatic heterocycles. The number of carboxylic acids is 1. The zero-order chi connectivity index (χ0) is 13.2. The third-order valence-electron chi connectivity index (χ3n) is 2.72. The number of nitrogens with two attached hydrogens (primary N) is 1. The minimum Gasteiger partial charge on any atom is -0.481 e. The van der Waals surface area contributed by atoms with Crippen molar-refractivity contribution in [1.29, 1.82) is 0 Å². The van der Waals surface area contributed by atoms with Gasteiger partial charge in [0.1, 0.15) is 0 Å². The zero-order valence-corrected chi connectivity index (χ0v) is 11.5. The topological polar surface area (TPSA) is 63.3 Å². The van der Waals surface area contributed by atoms with Crippen molar-refractivity contribution in [2.75, 3.05) is 0 Å². The molecule has 3 N–H and O–H groups in total. The first kappa shape index (κ1) is 17.8. The fraction of sp³-hybridized carbons (Fsp3) is 0.923. The summed E-state index contributed by atoms with van der Waals surface area (Å²) in [7, 11) is 0. The third kappa shape index (κ3) is 13.4. The molecule has 0 bridgehead atoms. The molecule has 3 nitrogen and oxygen atoms in total. The number of carbonyl (C=O) groups is 1. The van der Waals surface area contributed by atoms with Crippen LogP contribution in [0.1, 0.15) is 66.7 Å². The minimum absolute atomic E-state index is 0.00910.